The normalized spacial score (nSPS) is 11.7. The predicted octanol–water partition coefficient (Wildman–Crippen LogP) is 2.98. The Morgan fingerprint density at radius 3 is 2.38 bits per heavy atom. The van der Waals surface area contributed by atoms with Crippen LogP contribution in [0.3, 0.4) is 0 Å². The minimum atomic E-state index is -3.55. The van der Waals surface area contributed by atoms with E-state index < -0.39 is 15.0 Å². The minimum absolute atomic E-state index is 0.0855. The molecule has 0 bridgehead atoms. The van der Waals surface area contributed by atoms with Gasteiger partial charge in [0.1, 0.15) is 10.6 Å². The monoisotopic (exact) mass is 282 g/mol. The first kappa shape index (κ1) is 13.6. The fourth-order valence-corrected chi connectivity index (χ4v) is 2.40. The lowest BCUT2D eigenvalue weighted by molar-refractivity contribution is 0.483. The smallest absolute Gasteiger partial charge is 0.309 e. The Hall–Kier alpha value is -0.450. The molecule has 16 heavy (non-hydrogen) atoms. The van der Waals surface area contributed by atoms with Gasteiger partial charge in [0.2, 0.25) is 0 Å². The van der Waals surface area contributed by atoms with Crippen LogP contribution in [0, 0.1) is 0 Å². The number of rotatable bonds is 6. The highest BCUT2D eigenvalue weighted by Gasteiger charge is 2.13. The maximum Gasteiger partial charge on any atom is 0.309 e. The lowest BCUT2D eigenvalue weighted by Crippen LogP contribution is -2.14. The summed E-state index contributed by atoms with van der Waals surface area (Å²) in [6.07, 6.45) is 0.813. The van der Waals surface area contributed by atoms with Crippen LogP contribution in [-0.4, -0.2) is 19.0 Å². The number of alkyl halides is 2. The van der Waals surface area contributed by atoms with E-state index in [1.54, 1.807) is 30.3 Å². The van der Waals surface area contributed by atoms with Gasteiger partial charge in [-0.15, -0.1) is 23.2 Å². The summed E-state index contributed by atoms with van der Waals surface area (Å²) >= 11 is 11.0. The number of para-hydroxylation sites is 1. The van der Waals surface area contributed by atoms with Crippen LogP contribution in [0.4, 0.5) is 0 Å². The van der Waals surface area contributed by atoms with E-state index in [2.05, 4.69) is 0 Å². The molecular formula is C10H12Cl2O3S. The second-order valence-electron chi connectivity index (χ2n) is 3.19. The zero-order valence-electron chi connectivity index (χ0n) is 8.47. The Labute approximate surface area is 105 Å². The van der Waals surface area contributed by atoms with E-state index in [1.165, 1.54) is 0 Å². The van der Waals surface area contributed by atoms with Gasteiger partial charge in [0.25, 0.3) is 0 Å². The van der Waals surface area contributed by atoms with E-state index in [9.17, 15) is 8.42 Å². The van der Waals surface area contributed by atoms with Crippen molar-refractivity contribution in [2.75, 3.05) is 5.75 Å². The van der Waals surface area contributed by atoms with Gasteiger partial charge in [0, 0.05) is 0 Å². The van der Waals surface area contributed by atoms with E-state index >= 15 is 0 Å². The van der Waals surface area contributed by atoms with E-state index in [-0.39, 0.29) is 5.75 Å². The van der Waals surface area contributed by atoms with Crippen LogP contribution in [-0.2, 0) is 10.1 Å². The van der Waals surface area contributed by atoms with Gasteiger partial charge < -0.3 is 4.18 Å². The quantitative estimate of drug-likeness (QED) is 0.595. The highest BCUT2D eigenvalue weighted by atomic mass is 35.5. The standard InChI is InChI=1S/C10H12Cl2O3S/c11-10(12)7-4-8-16(13,14)15-9-5-2-1-3-6-9/h1-3,5-6,10H,4,7-8H2. The first-order valence-corrected chi connectivity index (χ1v) is 7.20. The van der Waals surface area contributed by atoms with E-state index in [0.717, 1.165) is 0 Å². The van der Waals surface area contributed by atoms with Crippen molar-refractivity contribution < 1.29 is 12.6 Å². The van der Waals surface area contributed by atoms with Crippen molar-refractivity contribution >= 4 is 33.3 Å². The van der Waals surface area contributed by atoms with Crippen molar-refractivity contribution in [1.29, 1.82) is 0 Å². The Kier molecular flexibility index (Phi) is 5.38. The molecule has 1 aromatic rings. The maximum absolute atomic E-state index is 11.5. The van der Waals surface area contributed by atoms with Crippen LogP contribution in [0.25, 0.3) is 0 Å². The zero-order valence-corrected chi connectivity index (χ0v) is 10.8. The van der Waals surface area contributed by atoms with Crippen LogP contribution >= 0.6 is 23.2 Å². The summed E-state index contributed by atoms with van der Waals surface area (Å²) in [6, 6.07) is 8.37. The largest absolute Gasteiger partial charge is 0.382 e. The molecule has 90 valence electrons. The summed E-state index contributed by atoms with van der Waals surface area (Å²) < 4.78 is 27.8. The SMILES string of the molecule is O=S(=O)(CCCC(Cl)Cl)Oc1ccccc1. The summed E-state index contributed by atoms with van der Waals surface area (Å²) in [5.74, 6) is 0.230. The maximum atomic E-state index is 11.5. The van der Waals surface area contributed by atoms with Crippen molar-refractivity contribution in [2.24, 2.45) is 0 Å². The first-order valence-electron chi connectivity index (χ1n) is 4.75. The second-order valence-corrected chi connectivity index (χ2v) is 6.16. The Morgan fingerprint density at radius 2 is 1.81 bits per heavy atom. The van der Waals surface area contributed by atoms with E-state index in [1.807, 2.05) is 0 Å². The van der Waals surface area contributed by atoms with Crippen LogP contribution in [0.1, 0.15) is 12.8 Å². The Bertz CT molecular complexity index is 403. The van der Waals surface area contributed by atoms with Crippen LogP contribution in [0.5, 0.6) is 5.75 Å². The molecule has 0 saturated carbocycles. The fourth-order valence-electron chi connectivity index (χ4n) is 1.08. The molecule has 0 amide bonds. The molecule has 1 aromatic carbocycles. The van der Waals surface area contributed by atoms with Crippen molar-refractivity contribution in [3.8, 4) is 5.75 Å². The third-order valence-electron chi connectivity index (χ3n) is 1.78. The van der Waals surface area contributed by atoms with Gasteiger partial charge in [0.05, 0.1) is 5.75 Å². The third-order valence-corrected chi connectivity index (χ3v) is 3.45. The predicted molar refractivity (Wildman–Crippen MR) is 65.6 cm³/mol. The molecule has 0 aromatic heterocycles. The van der Waals surface area contributed by atoms with Gasteiger partial charge in [-0.1, -0.05) is 18.2 Å². The number of benzene rings is 1. The molecule has 0 unspecified atom stereocenters. The van der Waals surface area contributed by atoms with Gasteiger partial charge in [-0.25, -0.2) is 0 Å². The van der Waals surface area contributed by atoms with Crippen LogP contribution in [0.15, 0.2) is 30.3 Å². The molecular weight excluding hydrogens is 271 g/mol. The molecule has 0 saturated heterocycles. The molecule has 0 spiro atoms. The third kappa shape index (κ3) is 5.58. The number of hydrogen-bond donors (Lipinski definition) is 0. The highest BCUT2D eigenvalue weighted by Crippen LogP contribution is 2.14. The summed E-state index contributed by atoms with van der Waals surface area (Å²) in [7, 11) is -3.55. The minimum Gasteiger partial charge on any atom is -0.382 e. The van der Waals surface area contributed by atoms with Crippen LogP contribution < -0.4 is 4.18 Å². The zero-order chi connectivity index (χ0) is 12.0. The van der Waals surface area contributed by atoms with Gasteiger partial charge in [-0.2, -0.15) is 8.42 Å². The average Bonchev–Trinajstić information content (AvgIpc) is 2.17. The summed E-state index contributed by atoms with van der Waals surface area (Å²) in [4.78, 5) is -0.535. The molecule has 0 N–H and O–H groups in total. The van der Waals surface area contributed by atoms with Crippen molar-refractivity contribution in [1.82, 2.24) is 0 Å². The van der Waals surface area contributed by atoms with Gasteiger partial charge in [-0.3, -0.25) is 0 Å². The van der Waals surface area contributed by atoms with Gasteiger partial charge in [-0.05, 0) is 25.0 Å². The number of halogens is 2. The van der Waals surface area contributed by atoms with Crippen molar-refractivity contribution in [2.45, 2.75) is 17.7 Å². The molecule has 3 nitrogen and oxygen atoms in total. The molecule has 0 atom stereocenters. The molecule has 0 aliphatic heterocycles. The number of hydrogen-bond acceptors (Lipinski definition) is 3. The van der Waals surface area contributed by atoms with Gasteiger partial charge in [0.15, 0.2) is 0 Å². The topological polar surface area (TPSA) is 43.4 Å². The lowest BCUT2D eigenvalue weighted by Gasteiger charge is -2.06. The fraction of sp³-hybridized carbons (Fsp3) is 0.400. The molecule has 1 rings (SSSR count). The Morgan fingerprint density at radius 1 is 1.19 bits per heavy atom. The summed E-state index contributed by atoms with van der Waals surface area (Å²) in [6.45, 7) is 0. The lowest BCUT2D eigenvalue weighted by atomic mass is 10.3. The van der Waals surface area contributed by atoms with Crippen molar-refractivity contribution in [3.63, 3.8) is 0 Å². The van der Waals surface area contributed by atoms with E-state index in [4.69, 9.17) is 27.4 Å². The van der Waals surface area contributed by atoms with E-state index in [0.29, 0.717) is 18.6 Å². The van der Waals surface area contributed by atoms with Crippen molar-refractivity contribution in [3.05, 3.63) is 30.3 Å². The molecule has 0 fully saturated rings. The van der Waals surface area contributed by atoms with Crippen LogP contribution in [0.2, 0.25) is 0 Å². The Balaban J connectivity index is 2.46. The molecule has 0 aliphatic carbocycles. The molecule has 0 radical (unpaired) electrons. The molecule has 6 heteroatoms. The summed E-state index contributed by atoms with van der Waals surface area (Å²) in [5, 5.41) is 0. The summed E-state index contributed by atoms with van der Waals surface area (Å²) in [5.41, 5.74) is 0. The van der Waals surface area contributed by atoms with Gasteiger partial charge >= 0.3 is 10.1 Å². The molecule has 0 heterocycles. The molecule has 0 aliphatic rings. The first-order chi connectivity index (χ1) is 7.49. The highest BCUT2D eigenvalue weighted by molar-refractivity contribution is 7.87. The average molecular weight is 283 g/mol. The second kappa shape index (κ2) is 6.33.